The van der Waals surface area contributed by atoms with E-state index in [1.54, 1.807) is 0 Å². The Kier molecular flexibility index (Phi) is 3.64. The van der Waals surface area contributed by atoms with E-state index in [2.05, 4.69) is 0 Å². The molecule has 22 heavy (non-hydrogen) atoms. The van der Waals surface area contributed by atoms with Gasteiger partial charge >= 0.3 is 18.1 Å². The fourth-order valence-electron chi connectivity index (χ4n) is 5.32. The van der Waals surface area contributed by atoms with Crippen LogP contribution in [-0.4, -0.2) is 31.2 Å². The zero-order chi connectivity index (χ0) is 16.1. The number of rotatable bonds is 3. The predicted octanol–water partition coefficient (Wildman–Crippen LogP) is 2.42. The summed E-state index contributed by atoms with van der Waals surface area (Å²) < 4.78 is 42.4. The van der Waals surface area contributed by atoms with E-state index in [0.717, 1.165) is 26.4 Å². The van der Waals surface area contributed by atoms with Gasteiger partial charge in [0.2, 0.25) is 0 Å². The lowest BCUT2D eigenvalue weighted by Crippen LogP contribution is -2.61. The topological polar surface area (TPSA) is 55.4 Å². The predicted molar refractivity (Wildman–Crippen MR) is 70.6 cm³/mol. The van der Waals surface area contributed by atoms with E-state index in [1.165, 1.54) is 0 Å². The fourth-order valence-corrected chi connectivity index (χ4v) is 5.32. The highest BCUT2D eigenvalue weighted by molar-refractivity contribution is 5.88. The van der Waals surface area contributed by atoms with Crippen molar-refractivity contribution in [3.05, 3.63) is 0 Å². The van der Waals surface area contributed by atoms with E-state index >= 15 is 0 Å². The van der Waals surface area contributed by atoms with Crippen LogP contribution in [0, 0.1) is 23.2 Å². The zero-order valence-corrected chi connectivity index (χ0v) is 12.4. The van der Waals surface area contributed by atoms with Gasteiger partial charge in [0.15, 0.2) is 0 Å². The van der Waals surface area contributed by atoms with Gasteiger partial charge in [0.05, 0.1) is 7.11 Å². The van der Waals surface area contributed by atoms with Crippen LogP contribution >= 0.6 is 0 Å². The van der Waals surface area contributed by atoms with Crippen molar-refractivity contribution in [2.75, 3.05) is 7.11 Å². The Labute approximate surface area is 126 Å². The number of carbonyl (C=O) groups excluding carboxylic acids is 2. The molecule has 4 fully saturated rings. The molecule has 0 heterocycles. The number of hydrogen-bond acceptors (Lipinski definition) is 3. The highest BCUT2D eigenvalue weighted by atomic mass is 19.4. The number of nitrogens with one attached hydrogen (secondary N) is 1. The summed E-state index contributed by atoms with van der Waals surface area (Å²) in [5, 5.41) is 1.93. The molecule has 0 aromatic rings. The van der Waals surface area contributed by atoms with E-state index in [-0.39, 0.29) is 0 Å². The first-order valence-electron chi connectivity index (χ1n) is 7.69. The third-order valence-electron chi connectivity index (χ3n) is 5.67. The lowest BCUT2D eigenvalue weighted by molar-refractivity contribution is -0.180. The van der Waals surface area contributed by atoms with E-state index < -0.39 is 29.5 Å². The van der Waals surface area contributed by atoms with Crippen molar-refractivity contribution in [3.63, 3.8) is 0 Å². The number of carbonyl (C=O) groups is 2. The van der Waals surface area contributed by atoms with Gasteiger partial charge in [-0.3, -0.25) is 4.79 Å². The zero-order valence-electron chi connectivity index (χ0n) is 12.4. The Morgan fingerprint density at radius 2 is 1.55 bits per heavy atom. The van der Waals surface area contributed by atoms with Crippen LogP contribution in [0.25, 0.3) is 0 Å². The number of ether oxygens (including phenoxy) is 1. The molecule has 0 spiro atoms. The normalized spacial score (nSPS) is 37.7. The summed E-state index contributed by atoms with van der Waals surface area (Å²) in [6.45, 7) is 0. The van der Waals surface area contributed by atoms with Crippen LogP contribution in [0.1, 0.15) is 38.5 Å². The molecule has 4 bridgehead atoms. The molecule has 4 aliphatic carbocycles. The molecule has 1 unspecified atom stereocenters. The van der Waals surface area contributed by atoms with Gasteiger partial charge in [-0.25, -0.2) is 4.79 Å². The average Bonchev–Trinajstić information content (AvgIpc) is 2.40. The number of amides is 1. The maximum absolute atomic E-state index is 12.6. The Balaban J connectivity index is 1.86. The van der Waals surface area contributed by atoms with Crippen LogP contribution in [0.4, 0.5) is 13.2 Å². The molecule has 0 aromatic heterocycles. The Morgan fingerprint density at radius 1 is 1.09 bits per heavy atom. The smallest absolute Gasteiger partial charge is 0.467 e. The summed E-state index contributed by atoms with van der Waals surface area (Å²) in [5.41, 5.74) is -0.567. The number of esters is 1. The van der Waals surface area contributed by atoms with Gasteiger partial charge in [-0.2, -0.15) is 13.2 Å². The molecular formula is C15H20F3NO3. The Bertz CT molecular complexity index is 454. The minimum absolute atomic E-state index is 0.459. The van der Waals surface area contributed by atoms with Crippen LogP contribution in [0.3, 0.4) is 0 Å². The SMILES string of the molecule is COC(=O)C(NC(=O)C(F)(F)F)C12CC3CC(CC(C3)C1)C2. The highest BCUT2D eigenvalue weighted by Gasteiger charge is 2.57. The molecular weight excluding hydrogens is 299 g/mol. The summed E-state index contributed by atoms with van der Waals surface area (Å²) in [7, 11) is 1.15. The lowest BCUT2D eigenvalue weighted by Gasteiger charge is -2.58. The summed E-state index contributed by atoms with van der Waals surface area (Å²) in [5.74, 6) is -1.44. The van der Waals surface area contributed by atoms with Gasteiger partial charge in [-0.05, 0) is 56.3 Å². The van der Waals surface area contributed by atoms with Crippen LogP contribution in [0.15, 0.2) is 0 Å². The maximum Gasteiger partial charge on any atom is 0.471 e. The van der Waals surface area contributed by atoms with E-state index in [4.69, 9.17) is 4.74 Å². The summed E-state index contributed by atoms with van der Waals surface area (Å²) in [6.07, 6.45) is 0.417. The largest absolute Gasteiger partial charge is 0.471 e. The minimum atomic E-state index is -4.99. The molecule has 1 N–H and O–H groups in total. The van der Waals surface area contributed by atoms with Crippen molar-refractivity contribution in [2.45, 2.75) is 50.7 Å². The van der Waals surface area contributed by atoms with Crippen LogP contribution in [0.2, 0.25) is 0 Å². The quantitative estimate of drug-likeness (QED) is 0.813. The summed E-state index contributed by atoms with van der Waals surface area (Å²) in [4.78, 5) is 23.4. The molecule has 1 amide bonds. The van der Waals surface area contributed by atoms with E-state index in [9.17, 15) is 22.8 Å². The van der Waals surface area contributed by atoms with Crippen molar-refractivity contribution >= 4 is 11.9 Å². The molecule has 4 rings (SSSR count). The van der Waals surface area contributed by atoms with Crippen molar-refractivity contribution < 1.29 is 27.5 Å². The van der Waals surface area contributed by atoms with Crippen LogP contribution in [-0.2, 0) is 14.3 Å². The van der Waals surface area contributed by atoms with Crippen molar-refractivity contribution in [1.82, 2.24) is 5.32 Å². The molecule has 1 atom stereocenters. The van der Waals surface area contributed by atoms with Gasteiger partial charge in [0.25, 0.3) is 0 Å². The number of halogens is 3. The van der Waals surface area contributed by atoms with Crippen LogP contribution in [0.5, 0.6) is 0 Å². The van der Waals surface area contributed by atoms with Crippen molar-refractivity contribution in [2.24, 2.45) is 23.2 Å². The highest BCUT2D eigenvalue weighted by Crippen LogP contribution is 2.61. The van der Waals surface area contributed by atoms with E-state index in [0.29, 0.717) is 37.0 Å². The van der Waals surface area contributed by atoms with Crippen molar-refractivity contribution in [1.29, 1.82) is 0 Å². The Hall–Kier alpha value is -1.27. The monoisotopic (exact) mass is 319 g/mol. The van der Waals surface area contributed by atoms with Gasteiger partial charge in [0, 0.05) is 5.41 Å². The first kappa shape index (κ1) is 15.6. The summed E-state index contributed by atoms with van der Waals surface area (Å²) >= 11 is 0. The molecule has 0 aliphatic heterocycles. The molecule has 0 aromatic carbocycles. The second-order valence-corrected chi connectivity index (χ2v) is 7.21. The Morgan fingerprint density at radius 3 is 1.91 bits per heavy atom. The van der Waals surface area contributed by atoms with Crippen LogP contribution < -0.4 is 5.32 Å². The summed E-state index contributed by atoms with van der Waals surface area (Å²) in [6, 6.07) is -1.19. The average molecular weight is 319 g/mol. The molecule has 0 radical (unpaired) electrons. The second-order valence-electron chi connectivity index (χ2n) is 7.21. The molecule has 4 nitrogen and oxygen atoms in total. The van der Waals surface area contributed by atoms with Gasteiger partial charge in [-0.15, -0.1) is 0 Å². The van der Waals surface area contributed by atoms with E-state index in [1.807, 2.05) is 5.32 Å². The minimum Gasteiger partial charge on any atom is -0.467 e. The molecule has 0 saturated heterocycles. The molecule has 4 saturated carbocycles. The van der Waals surface area contributed by atoms with Crippen molar-refractivity contribution in [3.8, 4) is 0 Å². The third kappa shape index (κ3) is 2.58. The maximum atomic E-state index is 12.6. The van der Waals surface area contributed by atoms with Gasteiger partial charge in [0.1, 0.15) is 6.04 Å². The fraction of sp³-hybridized carbons (Fsp3) is 0.867. The number of hydrogen-bond donors (Lipinski definition) is 1. The first-order chi connectivity index (χ1) is 10.2. The second kappa shape index (κ2) is 5.13. The third-order valence-corrected chi connectivity index (χ3v) is 5.67. The van der Waals surface area contributed by atoms with Gasteiger partial charge in [-0.1, -0.05) is 0 Å². The standard InChI is InChI=1S/C15H20F3NO3/c1-22-12(20)11(19-13(21)15(16,17)18)14-5-8-2-9(6-14)4-10(3-8)7-14/h8-11H,2-7H2,1H3,(H,19,21). The number of alkyl halides is 3. The lowest BCUT2D eigenvalue weighted by atomic mass is 9.47. The molecule has 7 heteroatoms. The van der Waals surface area contributed by atoms with Gasteiger partial charge < -0.3 is 10.1 Å². The first-order valence-corrected chi connectivity index (χ1v) is 7.69. The number of methoxy groups -OCH3 is 1. The molecule has 4 aliphatic rings. The molecule has 124 valence electrons.